The summed E-state index contributed by atoms with van der Waals surface area (Å²) < 4.78 is 7.01. The number of fused-ring (bicyclic) bond motifs is 14. The first-order chi connectivity index (χ1) is 23.5. The average Bonchev–Trinajstić information content (AvgIpc) is 3.73. The lowest BCUT2D eigenvalue weighted by Gasteiger charge is -2.45. The second kappa shape index (κ2) is 9.85. The molecule has 0 saturated carbocycles. The van der Waals surface area contributed by atoms with E-state index in [0.29, 0.717) is 5.92 Å². The molecule has 3 atom stereocenters. The Morgan fingerprint density at radius 1 is 0.750 bits per heavy atom. The van der Waals surface area contributed by atoms with Crippen LogP contribution in [0.5, 0.6) is 0 Å². The molecule has 4 aliphatic rings. The summed E-state index contributed by atoms with van der Waals surface area (Å²) in [6.45, 7) is 2.71. The fourth-order valence-corrected chi connectivity index (χ4v) is 12.7. The number of hydrogen-bond acceptors (Lipinski definition) is 1. The SMILES string of the molecule is C=P(c1ccccc1)(c1ccccc1)c1ccc2oc3c4c(ccc3c2c1)C1(C2=CCC(C)C=C2c2ccccc21)C1(C)CC=CC=C41. The van der Waals surface area contributed by atoms with Gasteiger partial charge >= 0.3 is 0 Å². The van der Waals surface area contributed by atoms with Crippen molar-refractivity contribution in [2.45, 2.75) is 32.1 Å². The third kappa shape index (κ3) is 3.38. The minimum absolute atomic E-state index is 0.144. The zero-order valence-electron chi connectivity index (χ0n) is 27.4. The van der Waals surface area contributed by atoms with Crippen LogP contribution < -0.4 is 15.9 Å². The van der Waals surface area contributed by atoms with E-state index in [1.165, 1.54) is 60.3 Å². The lowest BCUT2D eigenvalue weighted by molar-refractivity contribution is 0.326. The van der Waals surface area contributed by atoms with Crippen molar-refractivity contribution < 1.29 is 4.42 Å². The van der Waals surface area contributed by atoms with Crippen LogP contribution in [0.15, 0.2) is 156 Å². The van der Waals surface area contributed by atoms with Crippen molar-refractivity contribution in [1.82, 2.24) is 0 Å². The van der Waals surface area contributed by atoms with Gasteiger partial charge in [-0.3, -0.25) is 0 Å². The average molecular weight is 637 g/mol. The van der Waals surface area contributed by atoms with Gasteiger partial charge in [0.2, 0.25) is 0 Å². The van der Waals surface area contributed by atoms with Crippen molar-refractivity contribution in [3.8, 4) is 0 Å². The zero-order valence-corrected chi connectivity index (χ0v) is 28.3. The summed E-state index contributed by atoms with van der Waals surface area (Å²) in [6.07, 6.45) is 19.2. The highest BCUT2D eigenvalue weighted by Gasteiger charge is 2.64. The van der Waals surface area contributed by atoms with Gasteiger partial charge in [0.05, 0.1) is 5.41 Å². The molecule has 3 unspecified atom stereocenters. The van der Waals surface area contributed by atoms with E-state index in [0.717, 1.165) is 29.4 Å². The van der Waals surface area contributed by atoms with Crippen molar-refractivity contribution in [1.29, 1.82) is 0 Å². The summed E-state index contributed by atoms with van der Waals surface area (Å²) in [4.78, 5) is 0. The van der Waals surface area contributed by atoms with Gasteiger partial charge in [0.15, 0.2) is 0 Å². The van der Waals surface area contributed by atoms with Gasteiger partial charge in [-0.2, -0.15) is 0 Å². The molecule has 1 heterocycles. The minimum atomic E-state index is -2.14. The highest BCUT2D eigenvalue weighted by molar-refractivity contribution is 7.93. The van der Waals surface area contributed by atoms with Crippen molar-refractivity contribution in [2.75, 3.05) is 0 Å². The highest BCUT2D eigenvalue weighted by Crippen LogP contribution is 2.73. The normalized spacial score (nSPS) is 23.8. The van der Waals surface area contributed by atoms with Crippen LogP contribution in [0.1, 0.15) is 48.9 Å². The number of hydrogen-bond donors (Lipinski definition) is 0. The molecule has 1 aromatic heterocycles. The molecule has 0 amide bonds. The van der Waals surface area contributed by atoms with E-state index < -0.39 is 6.89 Å². The molecule has 1 spiro atoms. The van der Waals surface area contributed by atoms with Crippen LogP contribution in [0, 0.1) is 11.3 Å². The molecule has 0 bridgehead atoms. The summed E-state index contributed by atoms with van der Waals surface area (Å²) in [5, 5.41) is 6.16. The largest absolute Gasteiger partial charge is 0.455 e. The van der Waals surface area contributed by atoms with Gasteiger partial charge in [-0.1, -0.05) is 154 Å². The molecule has 4 aliphatic carbocycles. The fraction of sp³-hybridized carbons (Fsp3) is 0.152. The third-order valence-corrected chi connectivity index (χ3v) is 15.5. The molecule has 0 fully saturated rings. The number of furan rings is 1. The molecule has 232 valence electrons. The van der Waals surface area contributed by atoms with E-state index in [9.17, 15) is 0 Å². The second-order valence-corrected chi connectivity index (χ2v) is 17.5. The maximum atomic E-state index is 7.01. The first-order valence-corrected chi connectivity index (χ1v) is 19.2. The van der Waals surface area contributed by atoms with Crippen LogP contribution in [0.25, 0.3) is 33.1 Å². The molecule has 0 saturated heterocycles. The maximum absolute atomic E-state index is 7.01. The minimum Gasteiger partial charge on any atom is -0.455 e. The summed E-state index contributed by atoms with van der Waals surface area (Å²) in [6, 6.07) is 42.5. The summed E-state index contributed by atoms with van der Waals surface area (Å²) in [7, 11) is 0. The Balaban J connectivity index is 1.26. The molecule has 0 N–H and O–H groups in total. The van der Waals surface area contributed by atoms with Crippen LogP contribution >= 0.6 is 6.89 Å². The van der Waals surface area contributed by atoms with E-state index in [1.54, 1.807) is 0 Å². The Hall–Kier alpha value is -4.84. The van der Waals surface area contributed by atoms with Gasteiger partial charge in [-0.25, -0.2) is 0 Å². The van der Waals surface area contributed by atoms with Crippen LogP contribution in [0.2, 0.25) is 0 Å². The fourth-order valence-electron chi connectivity index (χ4n) is 9.75. The lowest BCUT2D eigenvalue weighted by atomic mass is 9.56. The van der Waals surface area contributed by atoms with Crippen molar-refractivity contribution in [3.05, 3.63) is 173 Å². The Bertz CT molecular complexity index is 2460. The first-order valence-electron chi connectivity index (χ1n) is 17.2. The van der Waals surface area contributed by atoms with Gasteiger partial charge in [0, 0.05) is 21.8 Å². The molecular formula is C46H37OP. The lowest BCUT2D eigenvalue weighted by Crippen LogP contribution is -2.41. The number of benzene rings is 5. The van der Waals surface area contributed by atoms with Gasteiger partial charge in [-0.05, 0) is 87.1 Å². The van der Waals surface area contributed by atoms with E-state index in [1.807, 2.05) is 0 Å². The topological polar surface area (TPSA) is 13.1 Å². The monoisotopic (exact) mass is 636 g/mol. The molecule has 10 rings (SSSR count). The molecule has 6 aromatic rings. The predicted molar refractivity (Wildman–Crippen MR) is 206 cm³/mol. The maximum Gasteiger partial charge on any atom is 0.143 e. The van der Waals surface area contributed by atoms with Crippen molar-refractivity contribution in [2.24, 2.45) is 11.3 Å². The second-order valence-electron chi connectivity index (χ2n) is 14.4. The Morgan fingerprint density at radius 3 is 2.25 bits per heavy atom. The summed E-state index contributed by atoms with van der Waals surface area (Å²) in [5.74, 6) is 0.531. The Labute approximate surface area is 282 Å². The molecule has 48 heavy (non-hydrogen) atoms. The predicted octanol–water partition coefficient (Wildman–Crippen LogP) is 10.3. The smallest absolute Gasteiger partial charge is 0.143 e. The Morgan fingerprint density at radius 2 is 1.48 bits per heavy atom. The van der Waals surface area contributed by atoms with Crippen LogP contribution in [0.4, 0.5) is 0 Å². The highest BCUT2D eigenvalue weighted by atomic mass is 31.2. The van der Waals surface area contributed by atoms with Gasteiger partial charge in [-0.15, -0.1) is 0 Å². The Kier molecular flexibility index (Phi) is 5.79. The van der Waals surface area contributed by atoms with Gasteiger partial charge < -0.3 is 4.42 Å². The number of allylic oxidation sites excluding steroid dienone is 8. The summed E-state index contributed by atoms with van der Waals surface area (Å²) in [5.41, 5.74) is 11.3. The zero-order chi connectivity index (χ0) is 32.3. The van der Waals surface area contributed by atoms with Crippen LogP contribution in [-0.4, -0.2) is 6.30 Å². The summed E-state index contributed by atoms with van der Waals surface area (Å²) >= 11 is 0. The van der Waals surface area contributed by atoms with Gasteiger partial charge in [0.25, 0.3) is 0 Å². The van der Waals surface area contributed by atoms with E-state index in [-0.39, 0.29) is 10.8 Å². The molecule has 0 radical (unpaired) electrons. The van der Waals surface area contributed by atoms with Crippen LogP contribution in [-0.2, 0) is 5.41 Å². The quantitative estimate of drug-likeness (QED) is 0.176. The van der Waals surface area contributed by atoms with E-state index in [4.69, 9.17) is 10.7 Å². The molecule has 2 heteroatoms. The molecule has 5 aromatic carbocycles. The van der Waals surface area contributed by atoms with E-state index in [2.05, 4.69) is 159 Å². The van der Waals surface area contributed by atoms with Gasteiger partial charge in [0.1, 0.15) is 11.2 Å². The molecule has 1 nitrogen and oxygen atoms in total. The number of rotatable bonds is 3. The standard InChI is InChI=1S/C46H37OP/c1-30-21-24-39-36(28-30)34-18-10-11-19-38(34)46(39)41-25-23-35-37-29-33(48(3,31-14-6-4-7-15-31)32-16-8-5-9-17-32)22-26-42(37)47-44(35)43(41)40-20-12-13-27-45(40,46)2/h4-20,22-26,28-30H,3,21,27H2,1-2H3. The van der Waals surface area contributed by atoms with Crippen molar-refractivity contribution >= 4 is 62.2 Å². The van der Waals surface area contributed by atoms with Crippen molar-refractivity contribution in [3.63, 3.8) is 0 Å². The molecular weight excluding hydrogens is 599 g/mol. The third-order valence-electron chi connectivity index (χ3n) is 11.9. The first kappa shape index (κ1) is 28.2. The van der Waals surface area contributed by atoms with Crippen LogP contribution in [0.3, 0.4) is 0 Å². The molecule has 0 aliphatic heterocycles. The van der Waals surface area contributed by atoms with E-state index >= 15 is 0 Å².